The number of non-ortho nitro benzene ring substituents is 2. The van der Waals surface area contributed by atoms with E-state index in [1.807, 2.05) is 42.6 Å². The molecule has 0 unspecified atom stereocenters. The summed E-state index contributed by atoms with van der Waals surface area (Å²) < 4.78 is 4.22. The van der Waals surface area contributed by atoms with Gasteiger partial charge in [0.15, 0.2) is 5.69 Å². The maximum atomic E-state index is 11.3. The summed E-state index contributed by atoms with van der Waals surface area (Å²) in [5.41, 5.74) is 6.19. The van der Waals surface area contributed by atoms with E-state index in [1.54, 1.807) is 24.3 Å². The number of benzene rings is 3. The summed E-state index contributed by atoms with van der Waals surface area (Å²) in [6, 6.07) is 29.0. The topological polar surface area (TPSA) is 94.8 Å². The minimum Gasteiger partial charge on any atom is -0.258 e. The van der Waals surface area contributed by atoms with Gasteiger partial charge in [-0.1, -0.05) is 24.3 Å². The first-order valence-corrected chi connectivity index (χ1v) is 10.9. The summed E-state index contributed by atoms with van der Waals surface area (Å²) in [5.74, 6) is 0. The number of pyridine rings is 1. The molecule has 0 aliphatic rings. The molecule has 0 atom stereocenters. The number of fused-ring (bicyclic) bond motifs is 5. The second kappa shape index (κ2) is 7.74. The number of hydrogen-bond donors (Lipinski definition) is 0. The van der Waals surface area contributed by atoms with Gasteiger partial charge in [-0.05, 0) is 48.0 Å². The van der Waals surface area contributed by atoms with Gasteiger partial charge in [0.2, 0.25) is 0 Å². The lowest BCUT2D eigenvalue weighted by atomic mass is 9.97. The Morgan fingerprint density at radius 3 is 1.91 bits per heavy atom. The molecule has 3 aromatic carbocycles. The quantitative estimate of drug-likeness (QED) is 0.183. The monoisotopic (exact) mass is 461 g/mol. The van der Waals surface area contributed by atoms with Crippen LogP contribution in [-0.4, -0.2) is 14.2 Å². The molecular formula is C27H17N4O4+. The fourth-order valence-electron chi connectivity index (χ4n) is 4.69. The van der Waals surface area contributed by atoms with Gasteiger partial charge in [0.1, 0.15) is 11.0 Å². The van der Waals surface area contributed by atoms with Crippen LogP contribution in [0.3, 0.4) is 0 Å². The van der Waals surface area contributed by atoms with Crippen LogP contribution in [0.15, 0.2) is 103 Å². The molecule has 0 aliphatic heterocycles. The summed E-state index contributed by atoms with van der Waals surface area (Å²) in [6.07, 6.45) is 1.95. The highest BCUT2D eigenvalue weighted by Gasteiger charge is 2.26. The van der Waals surface area contributed by atoms with Crippen LogP contribution in [0, 0.1) is 20.2 Å². The average Bonchev–Trinajstić information content (AvgIpc) is 3.27. The van der Waals surface area contributed by atoms with Crippen LogP contribution in [0.25, 0.3) is 44.5 Å². The fourth-order valence-corrected chi connectivity index (χ4v) is 4.69. The van der Waals surface area contributed by atoms with E-state index in [2.05, 4.69) is 20.9 Å². The maximum Gasteiger partial charge on any atom is 0.292 e. The van der Waals surface area contributed by atoms with Crippen molar-refractivity contribution in [3.8, 4) is 22.4 Å². The van der Waals surface area contributed by atoms with Crippen LogP contribution < -0.4 is 4.40 Å². The molecule has 0 N–H and O–H groups in total. The third-order valence-electron chi connectivity index (χ3n) is 6.23. The zero-order valence-electron chi connectivity index (χ0n) is 18.2. The summed E-state index contributed by atoms with van der Waals surface area (Å²) in [6.45, 7) is 0. The minimum absolute atomic E-state index is 0.00874. The predicted molar refractivity (Wildman–Crippen MR) is 132 cm³/mol. The van der Waals surface area contributed by atoms with E-state index in [9.17, 15) is 20.2 Å². The number of hydrogen-bond acceptors (Lipinski definition) is 4. The van der Waals surface area contributed by atoms with Gasteiger partial charge in [-0.25, -0.2) is 0 Å². The van der Waals surface area contributed by atoms with E-state index in [4.69, 9.17) is 0 Å². The summed E-state index contributed by atoms with van der Waals surface area (Å²) in [4.78, 5) is 21.7. The van der Waals surface area contributed by atoms with Crippen molar-refractivity contribution in [3.63, 3.8) is 0 Å². The maximum absolute atomic E-state index is 11.3. The lowest BCUT2D eigenvalue weighted by molar-refractivity contribution is -0.501. The first kappa shape index (κ1) is 20.5. The van der Waals surface area contributed by atoms with Gasteiger partial charge in [-0.2, -0.15) is 8.80 Å². The molecule has 8 heteroatoms. The molecule has 6 rings (SSSR count). The van der Waals surface area contributed by atoms with Crippen LogP contribution in [0.4, 0.5) is 11.4 Å². The van der Waals surface area contributed by atoms with E-state index in [0.717, 1.165) is 44.5 Å². The summed E-state index contributed by atoms with van der Waals surface area (Å²) >= 11 is 0. The van der Waals surface area contributed by atoms with Gasteiger partial charge >= 0.3 is 0 Å². The molecule has 8 nitrogen and oxygen atoms in total. The predicted octanol–water partition coefficient (Wildman–Crippen LogP) is 5.98. The summed E-state index contributed by atoms with van der Waals surface area (Å²) in [7, 11) is 0. The van der Waals surface area contributed by atoms with E-state index >= 15 is 0 Å². The van der Waals surface area contributed by atoms with Crippen LogP contribution >= 0.6 is 0 Å². The third kappa shape index (κ3) is 3.19. The fraction of sp³-hybridized carbons (Fsp3) is 0. The summed E-state index contributed by atoms with van der Waals surface area (Å²) in [5, 5.41) is 23.6. The molecule has 0 saturated carbocycles. The van der Waals surface area contributed by atoms with Gasteiger partial charge in [0.05, 0.1) is 21.6 Å². The van der Waals surface area contributed by atoms with Gasteiger partial charge in [-0.3, -0.25) is 20.2 Å². The van der Waals surface area contributed by atoms with Crippen LogP contribution in [0.1, 0.15) is 0 Å². The Morgan fingerprint density at radius 1 is 0.657 bits per heavy atom. The first-order chi connectivity index (χ1) is 17.0. The molecule has 168 valence electrons. The van der Waals surface area contributed by atoms with Crippen molar-refractivity contribution in [1.29, 1.82) is 0 Å². The number of nitro groups is 2. The Hall–Kier alpha value is -5.11. The lowest BCUT2D eigenvalue weighted by Crippen LogP contribution is -2.28. The van der Waals surface area contributed by atoms with Crippen molar-refractivity contribution in [1.82, 2.24) is 4.40 Å². The molecule has 0 saturated heterocycles. The molecule has 35 heavy (non-hydrogen) atoms. The molecule has 0 fully saturated rings. The zero-order chi connectivity index (χ0) is 24.1. The Balaban J connectivity index is 1.79. The first-order valence-electron chi connectivity index (χ1n) is 10.9. The SMILES string of the molecule is O=[N+]([O-])c1ccc(-c2c(-c3ccc([N+](=O)[O-])cc3)[n+]3ccccc3n3c2cc2ccccc23)cc1. The molecule has 0 bridgehead atoms. The highest BCUT2D eigenvalue weighted by Crippen LogP contribution is 2.38. The van der Waals surface area contributed by atoms with E-state index in [-0.39, 0.29) is 11.4 Å². The Kier molecular flexibility index (Phi) is 4.53. The number of aromatic nitrogens is 2. The van der Waals surface area contributed by atoms with Crippen molar-refractivity contribution >= 4 is 33.4 Å². The highest BCUT2D eigenvalue weighted by molar-refractivity contribution is 5.99. The Morgan fingerprint density at radius 2 is 1.26 bits per heavy atom. The number of nitrogens with zero attached hydrogens (tertiary/aromatic N) is 4. The smallest absolute Gasteiger partial charge is 0.258 e. The molecular weight excluding hydrogens is 444 g/mol. The van der Waals surface area contributed by atoms with E-state index in [0.29, 0.717) is 0 Å². The normalized spacial score (nSPS) is 11.3. The second-order valence-electron chi connectivity index (χ2n) is 8.18. The third-order valence-corrected chi connectivity index (χ3v) is 6.23. The van der Waals surface area contributed by atoms with Crippen LogP contribution in [0.2, 0.25) is 0 Å². The van der Waals surface area contributed by atoms with Gasteiger partial charge in [-0.15, -0.1) is 0 Å². The Bertz CT molecular complexity index is 1790. The molecule has 0 aliphatic carbocycles. The van der Waals surface area contributed by atoms with Gasteiger partial charge in [0.25, 0.3) is 17.0 Å². The van der Waals surface area contributed by atoms with Crippen molar-refractivity contribution < 1.29 is 14.2 Å². The number of para-hydroxylation sites is 1. The largest absolute Gasteiger partial charge is 0.292 e. The standard InChI is InChI=1S/C27H17N4O4/c32-30(33)21-12-8-18(9-13-21)26-24-17-20-5-1-2-6-23(20)29(24)25-7-3-4-16-28(25)27(26)19-10-14-22(15-11-19)31(34)35/h1-17H/q+1. The van der Waals surface area contributed by atoms with E-state index < -0.39 is 9.85 Å². The van der Waals surface area contributed by atoms with Crippen molar-refractivity contribution in [2.24, 2.45) is 0 Å². The molecule has 0 spiro atoms. The average molecular weight is 461 g/mol. The van der Waals surface area contributed by atoms with E-state index in [1.165, 1.54) is 24.3 Å². The van der Waals surface area contributed by atoms with Crippen LogP contribution in [-0.2, 0) is 0 Å². The Labute approximate surface area is 198 Å². The van der Waals surface area contributed by atoms with Crippen molar-refractivity contribution in [3.05, 3.63) is 123 Å². The number of nitro benzene ring substituents is 2. The number of rotatable bonds is 4. The molecule has 6 aromatic rings. The van der Waals surface area contributed by atoms with Crippen molar-refractivity contribution in [2.75, 3.05) is 0 Å². The second-order valence-corrected chi connectivity index (χ2v) is 8.18. The lowest BCUT2D eigenvalue weighted by Gasteiger charge is -2.12. The van der Waals surface area contributed by atoms with Gasteiger partial charge in [0, 0.05) is 41.3 Å². The highest BCUT2D eigenvalue weighted by atomic mass is 16.6. The molecule has 0 radical (unpaired) electrons. The minimum atomic E-state index is -0.421. The van der Waals surface area contributed by atoms with Gasteiger partial charge < -0.3 is 0 Å². The zero-order valence-corrected chi connectivity index (χ0v) is 18.2. The molecule has 3 heterocycles. The molecule has 3 aromatic heterocycles. The van der Waals surface area contributed by atoms with Crippen LogP contribution in [0.5, 0.6) is 0 Å². The molecule has 0 amide bonds. The van der Waals surface area contributed by atoms with Crippen molar-refractivity contribution in [2.45, 2.75) is 0 Å².